The van der Waals surface area contributed by atoms with Crippen molar-refractivity contribution in [3.63, 3.8) is 0 Å². The third-order valence-corrected chi connectivity index (χ3v) is 4.88. The Morgan fingerprint density at radius 2 is 1.92 bits per heavy atom. The Morgan fingerprint density at radius 1 is 1.31 bits per heavy atom. The van der Waals surface area contributed by atoms with Crippen molar-refractivity contribution < 1.29 is 13.5 Å². The van der Waals surface area contributed by atoms with Crippen LogP contribution in [0, 0.1) is 16.7 Å². The lowest BCUT2D eigenvalue weighted by atomic mass is 9.85. The summed E-state index contributed by atoms with van der Waals surface area (Å²) in [6.45, 7) is 0. The maximum atomic E-state index is 11.2. The van der Waals surface area contributed by atoms with Crippen LogP contribution in [0.5, 0.6) is 0 Å². The van der Waals surface area contributed by atoms with Gasteiger partial charge in [0, 0.05) is 0 Å². The summed E-state index contributed by atoms with van der Waals surface area (Å²) < 4.78 is 22.3. The minimum absolute atomic E-state index is 0.0208. The summed E-state index contributed by atoms with van der Waals surface area (Å²) in [6.07, 6.45) is 1.49. The third-order valence-electron chi connectivity index (χ3n) is 3.14. The van der Waals surface area contributed by atoms with E-state index in [0.717, 1.165) is 0 Å². The first-order chi connectivity index (χ1) is 5.93. The molecule has 1 saturated carbocycles. The van der Waals surface area contributed by atoms with Crippen LogP contribution in [-0.2, 0) is 9.84 Å². The summed E-state index contributed by atoms with van der Waals surface area (Å²) in [6, 6.07) is 2.06. The number of hydrogen-bond acceptors (Lipinski definition) is 4. The van der Waals surface area contributed by atoms with Crippen molar-refractivity contribution in [2.24, 2.45) is 5.41 Å². The van der Waals surface area contributed by atoms with Crippen molar-refractivity contribution in [2.45, 2.75) is 24.9 Å². The molecule has 2 fully saturated rings. The lowest BCUT2D eigenvalue weighted by molar-refractivity contribution is 0.0163. The molecule has 0 spiro atoms. The zero-order valence-corrected chi connectivity index (χ0v) is 7.97. The molecule has 0 aromatic carbocycles. The van der Waals surface area contributed by atoms with Crippen molar-refractivity contribution in [2.75, 3.05) is 11.5 Å². The van der Waals surface area contributed by atoms with Crippen LogP contribution in [-0.4, -0.2) is 30.6 Å². The van der Waals surface area contributed by atoms with Gasteiger partial charge in [-0.15, -0.1) is 0 Å². The van der Waals surface area contributed by atoms with Crippen molar-refractivity contribution in [1.29, 1.82) is 5.26 Å². The van der Waals surface area contributed by atoms with E-state index in [1.807, 2.05) is 0 Å². The highest BCUT2D eigenvalue weighted by Crippen LogP contribution is 2.56. The SMILES string of the molecule is N#CC1(C2(O)CCS(=O)(=O)C2)CC1. The molecule has 0 bridgehead atoms. The molecule has 1 N–H and O–H groups in total. The summed E-state index contributed by atoms with van der Waals surface area (Å²) >= 11 is 0. The molecule has 2 rings (SSSR count). The van der Waals surface area contributed by atoms with Gasteiger partial charge in [-0.2, -0.15) is 5.26 Å². The van der Waals surface area contributed by atoms with Gasteiger partial charge in [0.05, 0.1) is 28.6 Å². The Hall–Kier alpha value is -0.600. The number of nitriles is 1. The summed E-state index contributed by atoms with van der Waals surface area (Å²) in [4.78, 5) is 0. The largest absolute Gasteiger partial charge is 0.387 e. The molecular formula is C8H11NO3S. The van der Waals surface area contributed by atoms with Crippen molar-refractivity contribution in [1.82, 2.24) is 0 Å². The molecule has 2 aliphatic rings. The van der Waals surface area contributed by atoms with E-state index in [0.29, 0.717) is 12.8 Å². The first-order valence-electron chi connectivity index (χ1n) is 4.27. The first kappa shape index (κ1) is 8.97. The Labute approximate surface area is 77.1 Å². The molecule has 72 valence electrons. The van der Waals surface area contributed by atoms with Crippen LogP contribution in [0.3, 0.4) is 0 Å². The molecular weight excluding hydrogens is 190 g/mol. The van der Waals surface area contributed by atoms with E-state index in [2.05, 4.69) is 6.07 Å². The topological polar surface area (TPSA) is 78.2 Å². The van der Waals surface area contributed by atoms with E-state index in [9.17, 15) is 13.5 Å². The van der Waals surface area contributed by atoms with Crippen LogP contribution in [0.1, 0.15) is 19.3 Å². The fourth-order valence-electron chi connectivity index (χ4n) is 2.02. The molecule has 0 amide bonds. The number of aliphatic hydroxyl groups is 1. The van der Waals surface area contributed by atoms with Crippen molar-refractivity contribution in [3.8, 4) is 6.07 Å². The quantitative estimate of drug-likeness (QED) is 0.639. The number of rotatable bonds is 1. The fourth-order valence-corrected chi connectivity index (χ4v) is 3.96. The van der Waals surface area contributed by atoms with Gasteiger partial charge >= 0.3 is 0 Å². The van der Waals surface area contributed by atoms with Crippen LogP contribution >= 0.6 is 0 Å². The van der Waals surface area contributed by atoms with Gasteiger partial charge in [-0.05, 0) is 19.3 Å². The van der Waals surface area contributed by atoms with Gasteiger partial charge in [0.2, 0.25) is 0 Å². The molecule has 1 aliphatic heterocycles. The standard InChI is InChI=1S/C8H11NO3S/c9-5-7(1-2-7)8(10)3-4-13(11,12)6-8/h10H,1-4,6H2. The van der Waals surface area contributed by atoms with Gasteiger partial charge in [0.15, 0.2) is 9.84 Å². The summed E-state index contributed by atoms with van der Waals surface area (Å²) in [5.41, 5.74) is -2.02. The van der Waals surface area contributed by atoms with Gasteiger partial charge < -0.3 is 5.11 Å². The summed E-state index contributed by atoms with van der Waals surface area (Å²) in [5.74, 6) is -0.208. The lowest BCUT2D eigenvalue weighted by Gasteiger charge is -2.25. The molecule has 0 aromatic rings. The first-order valence-corrected chi connectivity index (χ1v) is 6.09. The third kappa shape index (κ3) is 1.17. The molecule has 1 aliphatic carbocycles. The molecule has 1 heterocycles. The van der Waals surface area contributed by atoms with Crippen LogP contribution in [0.4, 0.5) is 0 Å². The second-order valence-electron chi connectivity index (χ2n) is 4.07. The zero-order valence-electron chi connectivity index (χ0n) is 7.15. The molecule has 0 radical (unpaired) electrons. The molecule has 1 atom stereocenters. The Kier molecular flexibility index (Phi) is 1.55. The monoisotopic (exact) mass is 201 g/mol. The van der Waals surface area contributed by atoms with E-state index in [1.165, 1.54) is 0 Å². The Bertz CT molecular complexity index is 377. The minimum atomic E-state index is -3.11. The highest BCUT2D eigenvalue weighted by Gasteiger charge is 2.63. The van der Waals surface area contributed by atoms with Crippen LogP contribution in [0.25, 0.3) is 0 Å². The summed E-state index contributed by atoms with van der Waals surface area (Å²) in [7, 11) is -3.11. The van der Waals surface area contributed by atoms with Crippen LogP contribution in [0.2, 0.25) is 0 Å². The van der Waals surface area contributed by atoms with Crippen LogP contribution < -0.4 is 0 Å². The molecule has 1 unspecified atom stereocenters. The highest BCUT2D eigenvalue weighted by atomic mass is 32.2. The van der Waals surface area contributed by atoms with Gasteiger partial charge in [0.1, 0.15) is 0 Å². The zero-order chi connectivity index (χ0) is 9.74. The maximum Gasteiger partial charge on any atom is 0.153 e. The van der Waals surface area contributed by atoms with Gasteiger partial charge in [0.25, 0.3) is 0 Å². The number of hydrogen-bond donors (Lipinski definition) is 1. The number of nitrogens with zero attached hydrogens (tertiary/aromatic N) is 1. The normalized spacial score (nSPS) is 39.7. The maximum absolute atomic E-state index is 11.2. The smallest absolute Gasteiger partial charge is 0.153 e. The highest BCUT2D eigenvalue weighted by molar-refractivity contribution is 7.91. The average Bonchev–Trinajstić information content (AvgIpc) is 2.76. The molecule has 0 aromatic heterocycles. The van der Waals surface area contributed by atoms with E-state index in [4.69, 9.17) is 5.26 Å². The van der Waals surface area contributed by atoms with Gasteiger partial charge in [-0.25, -0.2) is 8.42 Å². The molecule has 5 heteroatoms. The molecule has 1 saturated heterocycles. The van der Waals surface area contributed by atoms with Crippen molar-refractivity contribution >= 4 is 9.84 Å². The number of sulfone groups is 1. The average molecular weight is 201 g/mol. The Morgan fingerprint density at radius 3 is 2.23 bits per heavy atom. The molecule has 13 heavy (non-hydrogen) atoms. The van der Waals surface area contributed by atoms with E-state index >= 15 is 0 Å². The molecule has 4 nitrogen and oxygen atoms in total. The summed E-state index contributed by atoms with van der Waals surface area (Å²) in [5, 5.41) is 18.9. The predicted octanol–water partition coefficient (Wildman–Crippen LogP) is -0.160. The van der Waals surface area contributed by atoms with Crippen molar-refractivity contribution in [3.05, 3.63) is 0 Å². The van der Waals surface area contributed by atoms with E-state index in [1.54, 1.807) is 0 Å². The predicted molar refractivity (Wildman–Crippen MR) is 45.5 cm³/mol. The second-order valence-corrected chi connectivity index (χ2v) is 6.25. The lowest BCUT2D eigenvalue weighted by Crippen LogP contribution is -2.40. The van der Waals surface area contributed by atoms with Crippen LogP contribution in [0.15, 0.2) is 0 Å². The van der Waals surface area contributed by atoms with Gasteiger partial charge in [-0.1, -0.05) is 0 Å². The minimum Gasteiger partial charge on any atom is -0.387 e. The van der Waals surface area contributed by atoms with E-state index in [-0.39, 0.29) is 17.9 Å². The van der Waals surface area contributed by atoms with E-state index < -0.39 is 20.9 Å². The van der Waals surface area contributed by atoms with Gasteiger partial charge in [-0.3, -0.25) is 0 Å². The second kappa shape index (κ2) is 2.25. The Balaban J connectivity index is 2.31. The fraction of sp³-hybridized carbons (Fsp3) is 0.875.